The van der Waals surface area contributed by atoms with E-state index in [1.165, 1.54) is 5.56 Å². The Morgan fingerprint density at radius 3 is 2.48 bits per heavy atom. The summed E-state index contributed by atoms with van der Waals surface area (Å²) in [5.41, 5.74) is 3.29. The lowest BCUT2D eigenvalue weighted by molar-refractivity contribution is -0.143. The lowest BCUT2D eigenvalue weighted by Gasteiger charge is -2.29. The highest BCUT2D eigenvalue weighted by Gasteiger charge is 2.28. The quantitative estimate of drug-likeness (QED) is 0.910. The lowest BCUT2D eigenvalue weighted by atomic mass is 9.97. The van der Waals surface area contributed by atoms with Crippen LogP contribution in [-0.4, -0.2) is 45.2 Å². The Hall–Kier alpha value is -2.63. The smallest absolute Gasteiger partial charge is 0.306 e. The van der Waals surface area contributed by atoms with E-state index in [1.54, 1.807) is 11.0 Å². The zero-order valence-electron chi connectivity index (χ0n) is 13.0. The van der Waals surface area contributed by atoms with Gasteiger partial charge in [-0.3, -0.25) is 14.7 Å². The molecule has 0 bridgehead atoms. The topological polar surface area (TPSA) is 86.3 Å². The van der Waals surface area contributed by atoms with Gasteiger partial charge in [0.05, 0.1) is 11.6 Å². The predicted molar refractivity (Wildman–Crippen MR) is 85.0 cm³/mol. The highest BCUT2D eigenvalue weighted by molar-refractivity contribution is 5.93. The van der Waals surface area contributed by atoms with Crippen LogP contribution in [0.15, 0.2) is 30.3 Å². The number of aryl methyl sites for hydroxylation is 1. The molecule has 3 rings (SSSR count). The van der Waals surface area contributed by atoms with E-state index in [0.717, 1.165) is 11.3 Å². The van der Waals surface area contributed by atoms with Crippen LogP contribution in [0.4, 0.5) is 0 Å². The highest BCUT2D eigenvalue weighted by atomic mass is 16.4. The van der Waals surface area contributed by atoms with Crippen molar-refractivity contribution in [3.8, 4) is 11.3 Å². The summed E-state index contributed by atoms with van der Waals surface area (Å²) in [4.78, 5) is 25.1. The van der Waals surface area contributed by atoms with Gasteiger partial charge in [-0.25, -0.2) is 0 Å². The van der Waals surface area contributed by atoms with Crippen LogP contribution in [0.1, 0.15) is 28.9 Å². The molecule has 1 fully saturated rings. The highest BCUT2D eigenvalue weighted by Crippen LogP contribution is 2.21. The van der Waals surface area contributed by atoms with Crippen LogP contribution in [0, 0.1) is 12.8 Å². The number of nitrogens with one attached hydrogen (secondary N) is 1. The van der Waals surface area contributed by atoms with Gasteiger partial charge in [-0.1, -0.05) is 29.8 Å². The molecule has 2 N–H and O–H groups in total. The number of amides is 1. The minimum absolute atomic E-state index is 0.125. The first-order chi connectivity index (χ1) is 11.0. The number of hydrogen-bond donors (Lipinski definition) is 2. The standard InChI is InChI=1S/C17H19N3O3/c1-11-2-4-12(5-3-11)14-10-15(19-18-14)16(21)20-8-6-13(7-9-20)17(22)23/h2-5,10,13H,6-9H2,1H3,(H,18,19)(H,22,23). The SMILES string of the molecule is Cc1ccc(-c2cc(C(=O)N3CCC(C(=O)O)CC3)[nH]n2)cc1. The normalized spacial score (nSPS) is 15.6. The Morgan fingerprint density at radius 2 is 1.87 bits per heavy atom. The van der Waals surface area contributed by atoms with Crippen molar-refractivity contribution >= 4 is 11.9 Å². The van der Waals surface area contributed by atoms with Crippen LogP contribution in [0.5, 0.6) is 0 Å². The van der Waals surface area contributed by atoms with Crippen LogP contribution < -0.4 is 0 Å². The van der Waals surface area contributed by atoms with E-state index >= 15 is 0 Å². The molecule has 1 saturated heterocycles. The van der Waals surface area contributed by atoms with Crippen molar-refractivity contribution in [1.29, 1.82) is 0 Å². The van der Waals surface area contributed by atoms with Gasteiger partial charge in [0.15, 0.2) is 0 Å². The maximum absolute atomic E-state index is 12.5. The number of nitrogens with zero attached hydrogens (tertiary/aromatic N) is 2. The van der Waals surface area contributed by atoms with Crippen LogP contribution in [0.2, 0.25) is 0 Å². The lowest BCUT2D eigenvalue weighted by Crippen LogP contribution is -2.40. The van der Waals surface area contributed by atoms with Gasteiger partial charge in [0, 0.05) is 18.7 Å². The Kier molecular flexibility index (Phi) is 4.14. The number of hydrogen-bond acceptors (Lipinski definition) is 3. The summed E-state index contributed by atoms with van der Waals surface area (Å²) < 4.78 is 0. The van der Waals surface area contributed by atoms with Crippen LogP contribution >= 0.6 is 0 Å². The van der Waals surface area contributed by atoms with Gasteiger partial charge in [-0.05, 0) is 25.8 Å². The molecule has 1 aromatic heterocycles. The minimum Gasteiger partial charge on any atom is -0.481 e. The molecule has 6 nitrogen and oxygen atoms in total. The molecule has 0 unspecified atom stereocenters. The maximum atomic E-state index is 12.5. The number of carbonyl (C=O) groups is 2. The molecule has 0 saturated carbocycles. The summed E-state index contributed by atoms with van der Waals surface area (Å²) in [6.07, 6.45) is 1.00. The van der Waals surface area contributed by atoms with Gasteiger partial charge in [0.2, 0.25) is 0 Å². The Balaban J connectivity index is 1.69. The number of benzene rings is 1. The molecule has 23 heavy (non-hydrogen) atoms. The second-order valence-electron chi connectivity index (χ2n) is 5.94. The Bertz CT molecular complexity index is 713. The van der Waals surface area contributed by atoms with Crippen molar-refractivity contribution in [3.63, 3.8) is 0 Å². The average molecular weight is 313 g/mol. The minimum atomic E-state index is -0.778. The number of aliphatic carboxylic acids is 1. The molecule has 6 heteroatoms. The molecule has 1 aliphatic heterocycles. The predicted octanol–water partition coefficient (Wildman–Crippen LogP) is 2.32. The number of piperidine rings is 1. The van der Waals surface area contributed by atoms with Gasteiger partial charge in [0.1, 0.15) is 5.69 Å². The fourth-order valence-electron chi connectivity index (χ4n) is 2.80. The molecule has 0 radical (unpaired) electrons. The third-order valence-corrected chi connectivity index (χ3v) is 4.29. The van der Waals surface area contributed by atoms with E-state index in [-0.39, 0.29) is 11.8 Å². The van der Waals surface area contributed by atoms with Gasteiger partial charge in [0.25, 0.3) is 5.91 Å². The molecule has 120 valence electrons. The second kappa shape index (κ2) is 6.24. The van der Waals surface area contributed by atoms with Gasteiger partial charge in [-0.15, -0.1) is 0 Å². The van der Waals surface area contributed by atoms with Gasteiger partial charge < -0.3 is 10.0 Å². The maximum Gasteiger partial charge on any atom is 0.306 e. The third-order valence-electron chi connectivity index (χ3n) is 4.29. The molecule has 0 atom stereocenters. The van der Waals surface area contributed by atoms with E-state index in [4.69, 9.17) is 5.11 Å². The summed E-state index contributed by atoms with van der Waals surface area (Å²) in [5.74, 6) is -1.25. The molecular weight excluding hydrogens is 294 g/mol. The number of rotatable bonds is 3. The number of aromatic amines is 1. The zero-order valence-corrected chi connectivity index (χ0v) is 13.0. The van der Waals surface area contributed by atoms with Crippen LogP contribution in [-0.2, 0) is 4.79 Å². The fourth-order valence-corrected chi connectivity index (χ4v) is 2.80. The van der Waals surface area contributed by atoms with Crippen molar-refractivity contribution in [1.82, 2.24) is 15.1 Å². The largest absolute Gasteiger partial charge is 0.481 e. The van der Waals surface area contributed by atoms with Crippen molar-refractivity contribution in [3.05, 3.63) is 41.6 Å². The summed E-state index contributed by atoms with van der Waals surface area (Å²) in [7, 11) is 0. The zero-order chi connectivity index (χ0) is 16.4. The summed E-state index contributed by atoms with van der Waals surface area (Å²) in [6, 6.07) is 9.69. The van der Waals surface area contributed by atoms with E-state index in [0.29, 0.717) is 31.6 Å². The fraction of sp³-hybridized carbons (Fsp3) is 0.353. The molecule has 0 spiro atoms. The first kappa shape index (κ1) is 15.3. The first-order valence-electron chi connectivity index (χ1n) is 7.69. The molecule has 2 aromatic rings. The van der Waals surface area contributed by atoms with Crippen LogP contribution in [0.3, 0.4) is 0 Å². The second-order valence-corrected chi connectivity index (χ2v) is 5.94. The molecule has 0 aliphatic carbocycles. The van der Waals surface area contributed by atoms with E-state index in [2.05, 4.69) is 10.2 Å². The van der Waals surface area contributed by atoms with E-state index in [9.17, 15) is 9.59 Å². The molecular formula is C17H19N3O3. The van der Waals surface area contributed by atoms with Gasteiger partial charge in [-0.2, -0.15) is 5.10 Å². The third kappa shape index (κ3) is 3.26. The van der Waals surface area contributed by atoms with Crippen molar-refractivity contribution in [2.75, 3.05) is 13.1 Å². The molecule has 1 aromatic carbocycles. The Morgan fingerprint density at radius 1 is 1.22 bits per heavy atom. The number of likely N-dealkylation sites (tertiary alicyclic amines) is 1. The summed E-state index contributed by atoms with van der Waals surface area (Å²) in [5, 5.41) is 16.0. The average Bonchev–Trinajstić information content (AvgIpc) is 3.05. The van der Waals surface area contributed by atoms with Crippen LogP contribution in [0.25, 0.3) is 11.3 Å². The summed E-state index contributed by atoms with van der Waals surface area (Å²) >= 11 is 0. The number of aromatic nitrogens is 2. The van der Waals surface area contributed by atoms with E-state index in [1.807, 2.05) is 31.2 Å². The number of carbonyl (C=O) groups excluding carboxylic acids is 1. The first-order valence-corrected chi connectivity index (χ1v) is 7.69. The van der Waals surface area contributed by atoms with Crippen molar-refractivity contribution in [2.45, 2.75) is 19.8 Å². The molecule has 2 heterocycles. The molecule has 1 aliphatic rings. The number of H-pyrrole nitrogens is 1. The Labute approximate surface area is 134 Å². The van der Waals surface area contributed by atoms with Crippen molar-refractivity contribution < 1.29 is 14.7 Å². The number of carboxylic acids is 1. The monoisotopic (exact) mass is 313 g/mol. The van der Waals surface area contributed by atoms with Crippen molar-refractivity contribution in [2.24, 2.45) is 5.92 Å². The molecule has 1 amide bonds. The number of carboxylic acid groups (broad SMARTS) is 1. The van der Waals surface area contributed by atoms with Gasteiger partial charge >= 0.3 is 5.97 Å². The van der Waals surface area contributed by atoms with E-state index < -0.39 is 5.97 Å². The summed E-state index contributed by atoms with van der Waals surface area (Å²) in [6.45, 7) is 2.95.